The van der Waals surface area contributed by atoms with Gasteiger partial charge in [-0.05, 0) is 26.0 Å². The fraction of sp³-hybridized carbons (Fsp3) is 0.250. The van der Waals surface area contributed by atoms with Crippen molar-refractivity contribution >= 4 is 34.6 Å². The molecule has 2 aromatic rings. The molecule has 0 aliphatic rings. The van der Waals surface area contributed by atoms with E-state index in [1.54, 1.807) is 12.1 Å². The molecule has 1 aromatic carbocycles. The van der Waals surface area contributed by atoms with E-state index in [4.69, 9.17) is 33.4 Å². The number of aryl methyl sites for hydroxylation is 2. The maximum atomic E-state index is 5.93. The lowest BCUT2D eigenvalue weighted by Crippen LogP contribution is -2.03. The molecule has 0 bridgehead atoms. The summed E-state index contributed by atoms with van der Waals surface area (Å²) < 4.78 is 5.46. The molecule has 0 spiro atoms. The molecule has 96 valence electrons. The third-order valence-electron chi connectivity index (χ3n) is 2.60. The summed E-state index contributed by atoms with van der Waals surface area (Å²) in [6, 6.07) is 3.29. The minimum atomic E-state index is 0.433. The van der Waals surface area contributed by atoms with Gasteiger partial charge in [0.25, 0.3) is 0 Å². The second-order valence-electron chi connectivity index (χ2n) is 3.96. The number of aromatic nitrogens is 1. The summed E-state index contributed by atoms with van der Waals surface area (Å²) in [6.45, 7) is 4.21. The standard InChI is InChI=1S/C12H13Cl2N3O/c1-6-7(2)18-12(17-6)5-16-11-4-9(14)8(13)3-10(11)15/h3-4,16H,5,15H2,1-2H3. The van der Waals surface area contributed by atoms with E-state index in [9.17, 15) is 0 Å². The Labute approximate surface area is 115 Å². The van der Waals surface area contributed by atoms with E-state index in [2.05, 4.69) is 10.3 Å². The Kier molecular flexibility index (Phi) is 3.68. The van der Waals surface area contributed by atoms with E-state index < -0.39 is 0 Å². The van der Waals surface area contributed by atoms with Crippen molar-refractivity contribution in [2.75, 3.05) is 11.1 Å². The highest BCUT2D eigenvalue weighted by Gasteiger charge is 2.08. The number of halogens is 2. The zero-order valence-electron chi connectivity index (χ0n) is 10.1. The van der Waals surface area contributed by atoms with E-state index in [1.165, 1.54) is 0 Å². The Hall–Kier alpha value is -1.39. The average Bonchev–Trinajstić information content (AvgIpc) is 2.62. The number of hydrogen-bond acceptors (Lipinski definition) is 4. The van der Waals surface area contributed by atoms with Crippen molar-refractivity contribution in [1.82, 2.24) is 4.98 Å². The Morgan fingerprint density at radius 1 is 1.28 bits per heavy atom. The van der Waals surface area contributed by atoms with Gasteiger partial charge in [0.15, 0.2) is 0 Å². The van der Waals surface area contributed by atoms with Gasteiger partial charge < -0.3 is 15.5 Å². The summed E-state index contributed by atoms with van der Waals surface area (Å²) in [5.41, 5.74) is 7.95. The van der Waals surface area contributed by atoms with Crippen LogP contribution in [0.3, 0.4) is 0 Å². The van der Waals surface area contributed by atoms with Gasteiger partial charge in [-0.25, -0.2) is 4.98 Å². The number of benzene rings is 1. The topological polar surface area (TPSA) is 64.1 Å². The van der Waals surface area contributed by atoms with Crippen LogP contribution in [0.25, 0.3) is 0 Å². The molecule has 0 fully saturated rings. The minimum absolute atomic E-state index is 0.433. The number of oxazole rings is 1. The number of nitrogens with zero attached hydrogens (tertiary/aromatic N) is 1. The Balaban J connectivity index is 2.13. The van der Waals surface area contributed by atoms with E-state index >= 15 is 0 Å². The lowest BCUT2D eigenvalue weighted by molar-refractivity contribution is 0.478. The van der Waals surface area contributed by atoms with Gasteiger partial charge in [-0.15, -0.1) is 0 Å². The molecule has 1 aromatic heterocycles. The molecule has 0 aliphatic heterocycles. The maximum absolute atomic E-state index is 5.93. The number of hydrogen-bond donors (Lipinski definition) is 2. The zero-order chi connectivity index (χ0) is 13.3. The monoisotopic (exact) mass is 285 g/mol. The second-order valence-corrected chi connectivity index (χ2v) is 4.77. The quantitative estimate of drug-likeness (QED) is 0.842. The summed E-state index contributed by atoms with van der Waals surface area (Å²) in [4.78, 5) is 4.27. The normalized spacial score (nSPS) is 10.7. The third-order valence-corrected chi connectivity index (χ3v) is 3.32. The molecular formula is C12H13Cl2N3O. The van der Waals surface area contributed by atoms with Gasteiger partial charge in [-0.3, -0.25) is 0 Å². The molecule has 2 rings (SSSR count). The molecule has 0 aliphatic carbocycles. The lowest BCUT2D eigenvalue weighted by Gasteiger charge is -2.08. The van der Waals surface area contributed by atoms with Crippen molar-refractivity contribution in [3.8, 4) is 0 Å². The van der Waals surface area contributed by atoms with Gasteiger partial charge in [0.2, 0.25) is 5.89 Å². The van der Waals surface area contributed by atoms with Crippen LogP contribution >= 0.6 is 23.2 Å². The second kappa shape index (κ2) is 5.08. The molecule has 3 N–H and O–H groups in total. The van der Waals surface area contributed by atoms with Crippen LogP contribution < -0.4 is 11.1 Å². The van der Waals surface area contributed by atoms with Crippen LogP contribution in [-0.4, -0.2) is 4.98 Å². The summed E-state index contributed by atoms with van der Waals surface area (Å²) in [6.07, 6.45) is 0. The van der Waals surface area contributed by atoms with Gasteiger partial charge >= 0.3 is 0 Å². The Bertz CT molecular complexity index is 561. The van der Waals surface area contributed by atoms with Crippen LogP contribution in [0, 0.1) is 13.8 Å². The first-order chi connectivity index (χ1) is 8.47. The minimum Gasteiger partial charge on any atom is -0.444 e. The van der Waals surface area contributed by atoms with E-state index in [0.29, 0.717) is 33.9 Å². The molecule has 0 amide bonds. The summed E-state index contributed by atoms with van der Waals surface area (Å²) in [5, 5.41) is 4.00. The van der Waals surface area contributed by atoms with Crippen molar-refractivity contribution < 1.29 is 4.42 Å². The Morgan fingerprint density at radius 2 is 1.94 bits per heavy atom. The van der Waals surface area contributed by atoms with Crippen molar-refractivity contribution in [2.24, 2.45) is 0 Å². The van der Waals surface area contributed by atoms with Crippen LogP contribution in [0.2, 0.25) is 10.0 Å². The first-order valence-corrected chi connectivity index (χ1v) is 6.14. The largest absolute Gasteiger partial charge is 0.444 e. The average molecular weight is 286 g/mol. The molecule has 0 saturated carbocycles. The molecule has 0 radical (unpaired) electrons. The number of anilines is 2. The van der Waals surface area contributed by atoms with Crippen LogP contribution in [-0.2, 0) is 6.54 Å². The number of nitrogen functional groups attached to an aromatic ring is 1. The van der Waals surface area contributed by atoms with Crippen molar-refractivity contribution in [3.63, 3.8) is 0 Å². The molecule has 4 nitrogen and oxygen atoms in total. The number of nitrogens with two attached hydrogens (primary N) is 1. The Morgan fingerprint density at radius 3 is 2.56 bits per heavy atom. The van der Waals surface area contributed by atoms with E-state index in [1.807, 2.05) is 13.8 Å². The van der Waals surface area contributed by atoms with Crippen LogP contribution in [0.15, 0.2) is 16.5 Å². The lowest BCUT2D eigenvalue weighted by atomic mass is 10.2. The molecule has 6 heteroatoms. The molecule has 18 heavy (non-hydrogen) atoms. The number of rotatable bonds is 3. The SMILES string of the molecule is Cc1nc(CNc2cc(Cl)c(Cl)cc2N)oc1C. The van der Waals surface area contributed by atoms with Gasteiger partial charge in [-0.2, -0.15) is 0 Å². The highest BCUT2D eigenvalue weighted by Crippen LogP contribution is 2.30. The van der Waals surface area contributed by atoms with E-state index in [0.717, 1.165) is 11.5 Å². The van der Waals surface area contributed by atoms with Crippen LogP contribution in [0.5, 0.6) is 0 Å². The highest BCUT2D eigenvalue weighted by molar-refractivity contribution is 6.42. The summed E-state index contributed by atoms with van der Waals surface area (Å²) >= 11 is 11.8. The summed E-state index contributed by atoms with van der Waals surface area (Å²) in [5.74, 6) is 1.42. The van der Waals surface area contributed by atoms with Crippen molar-refractivity contribution in [1.29, 1.82) is 0 Å². The predicted octanol–water partition coefficient (Wildman–Crippen LogP) is 3.79. The first-order valence-electron chi connectivity index (χ1n) is 5.38. The van der Waals surface area contributed by atoms with Crippen LogP contribution in [0.1, 0.15) is 17.3 Å². The smallest absolute Gasteiger partial charge is 0.213 e. The summed E-state index contributed by atoms with van der Waals surface area (Å²) in [7, 11) is 0. The van der Waals surface area contributed by atoms with Gasteiger partial charge in [0.1, 0.15) is 5.76 Å². The number of nitrogens with one attached hydrogen (secondary N) is 1. The predicted molar refractivity (Wildman–Crippen MR) is 74.2 cm³/mol. The van der Waals surface area contributed by atoms with Gasteiger partial charge in [0, 0.05) is 0 Å². The molecule has 1 heterocycles. The molecule has 0 atom stereocenters. The van der Waals surface area contributed by atoms with Crippen molar-refractivity contribution in [3.05, 3.63) is 39.5 Å². The van der Waals surface area contributed by atoms with Crippen LogP contribution in [0.4, 0.5) is 11.4 Å². The highest BCUT2D eigenvalue weighted by atomic mass is 35.5. The maximum Gasteiger partial charge on any atom is 0.213 e. The molecule has 0 saturated heterocycles. The first kappa shape index (κ1) is 13.1. The fourth-order valence-electron chi connectivity index (χ4n) is 1.50. The zero-order valence-corrected chi connectivity index (χ0v) is 11.6. The van der Waals surface area contributed by atoms with Crippen molar-refractivity contribution in [2.45, 2.75) is 20.4 Å². The van der Waals surface area contributed by atoms with Gasteiger partial charge in [-0.1, -0.05) is 23.2 Å². The molecular weight excluding hydrogens is 273 g/mol. The van der Waals surface area contributed by atoms with E-state index in [-0.39, 0.29) is 0 Å². The third kappa shape index (κ3) is 2.71. The van der Waals surface area contributed by atoms with Gasteiger partial charge in [0.05, 0.1) is 33.7 Å². The fourth-order valence-corrected chi connectivity index (χ4v) is 1.84. The molecule has 0 unspecified atom stereocenters.